The molecular weight excluding hydrogens is 350 g/mol. The van der Waals surface area contributed by atoms with Crippen LogP contribution in [-0.2, 0) is 0 Å². The van der Waals surface area contributed by atoms with Crippen molar-refractivity contribution in [2.75, 3.05) is 6.54 Å². The Kier molecular flexibility index (Phi) is 4.34. The highest BCUT2D eigenvalue weighted by Gasteiger charge is 2.35. The Bertz CT molecular complexity index is 1120. The SMILES string of the molecule is Cc1cc2ncccc2cc1N=C1C(C(C)(C)C)=Nn2nc(C(C)CN)nc21. The van der Waals surface area contributed by atoms with E-state index < -0.39 is 0 Å². The number of fused-ring (bicyclic) bond motifs is 2. The number of aliphatic imine (C=N–C) groups is 1. The fourth-order valence-electron chi connectivity index (χ4n) is 3.16. The number of hydrogen-bond donors (Lipinski definition) is 1. The van der Waals surface area contributed by atoms with E-state index in [0.717, 1.165) is 33.6 Å². The fourth-order valence-corrected chi connectivity index (χ4v) is 3.16. The summed E-state index contributed by atoms with van der Waals surface area (Å²) >= 11 is 0. The van der Waals surface area contributed by atoms with Crippen molar-refractivity contribution in [2.45, 2.75) is 40.5 Å². The van der Waals surface area contributed by atoms with Crippen molar-refractivity contribution in [3.05, 3.63) is 47.7 Å². The van der Waals surface area contributed by atoms with Crippen LogP contribution in [0.3, 0.4) is 0 Å². The summed E-state index contributed by atoms with van der Waals surface area (Å²) in [6.07, 6.45) is 1.80. The molecule has 1 unspecified atom stereocenters. The second-order valence-electron chi connectivity index (χ2n) is 8.31. The van der Waals surface area contributed by atoms with E-state index in [0.29, 0.717) is 18.2 Å². The van der Waals surface area contributed by atoms with Gasteiger partial charge in [-0.05, 0) is 30.7 Å². The molecule has 1 aliphatic heterocycles. The van der Waals surface area contributed by atoms with Crippen LogP contribution in [0.25, 0.3) is 10.9 Å². The van der Waals surface area contributed by atoms with Crippen molar-refractivity contribution in [1.82, 2.24) is 19.9 Å². The Morgan fingerprint density at radius 2 is 2.04 bits per heavy atom. The van der Waals surface area contributed by atoms with E-state index in [1.807, 2.05) is 26.0 Å². The molecule has 4 rings (SSSR count). The van der Waals surface area contributed by atoms with Crippen LogP contribution >= 0.6 is 0 Å². The summed E-state index contributed by atoms with van der Waals surface area (Å²) in [5, 5.41) is 10.3. The normalized spacial score (nSPS) is 16.5. The first-order chi connectivity index (χ1) is 13.3. The molecule has 3 heterocycles. The van der Waals surface area contributed by atoms with Gasteiger partial charge in [0.1, 0.15) is 5.71 Å². The zero-order valence-corrected chi connectivity index (χ0v) is 16.9. The zero-order chi connectivity index (χ0) is 20.1. The molecule has 2 N–H and O–H groups in total. The van der Waals surface area contributed by atoms with E-state index in [-0.39, 0.29) is 11.3 Å². The summed E-state index contributed by atoms with van der Waals surface area (Å²) in [7, 11) is 0. The molecule has 0 amide bonds. The molecule has 28 heavy (non-hydrogen) atoms. The Morgan fingerprint density at radius 3 is 2.75 bits per heavy atom. The number of rotatable bonds is 3. The number of aromatic nitrogens is 4. The maximum Gasteiger partial charge on any atom is 0.204 e. The van der Waals surface area contributed by atoms with Crippen LogP contribution in [0, 0.1) is 12.3 Å². The minimum Gasteiger partial charge on any atom is -0.330 e. The largest absolute Gasteiger partial charge is 0.330 e. The lowest BCUT2D eigenvalue weighted by Crippen LogP contribution is -2.27. The molecule has 3 aromatic rings. The number of hydrogen-bond acceptors (Lipinski definition) is 6. The van der Waals surface area contributed by atoms with Crippen molar-refractivity contribution < 1.29 is 0 Å². The fraction of sp³-hybridized carbons (Fsp3) is 0.381. The number of pyridine rings is 1. The monoisotopic (exact) mass is 375 g/mol. The van der Waals surface area contributed by atoms with Gasteiger partial charge in [0.2, 0.25) is 5.82 Å². The van der Waals surface area contributed by atoms with Gasteiger partial charge in [-0.3, -0.25) is 4.98 Å². The second-order valence-corrected chi connectivity index (χ2v) is 8.31. The molecule has 144 valence electrons. The van der Waals surface area contributed by atoms with E-state index in [1.165, 1.54) is 0 Å². The minimum absolute atomic E-state index is 0.0705. The quantitative estimate of drug-likeness (QED) is 0.757. The molecule has 1 aliphatic rings. The highest BCUT2D eigenvalue weighted by Crippen LogP contribution is 2.30. The lowest BCUT2D eigenvalue weighted by molar-refractivity contribution is 0.587. The van der Waals surface area contributed by atoms with Gasteiger partial charge in [-0.15, -0.1) is 9.89 Å². The van der Waals surface area contributed by atoms with Crippen molar-refractivity contribution >= 4 is 28.0 Å². The van der Waals surface area contributed by atoms with Gasteiger partial charge in [-0.1, -0.05) is 33.8 Å². The lowest BCUT2D eigenvalue weighted by Gasteiger charge is -2.18. The minimum atomic E-state index is -0.187. The smallest absolute Gasteiger partial charge is 0.204 e. The summed E-state index contributed by atoms with van der Waals surface area (Å²) in [6, 6.07) is 8.10. The summed E-state index contributed by atoms with van der Waals surface area (Å²) in [5.74, 6) is 1.44. The van der Waals surface area contributed by atoms with Gasteiger partial charge < -0.3 is 5.73 Å². The van der Waals surface area contributed by atoms with Crippen LogP contribution in [0.1, 0.15) is 50.8 Å². The van der Waals surface area contributed by atoms with Crippen LogP contribution in [0.4, 0.5) is 5.69 Å². The van der Waals surface area contributed by atoms with E-state index >= 15 is 0 Å². The highest BCUT2D eigenvalue weighted by molar-refractivity contribution is 6.50. The molecule has 1 atom stereocenters. The van der Waals surface area contributed by atoms with E-state index in [4.69, 9.17) is 20.8 Å². The van der Waals surface area contributed by atoms with Crippen molar-refractivity contribution in [3.63, 3.8) is 0 Å². The van der Waals surface area contributed by atoms with E-state index in [1.54, 1.807) is 11.0 Å². The third-order valence-corrected chi connectivity index (χ3v) is 4.90. The summed E-state index contributed by atoms with van der Waals surface area (Å²) in [4.78, 5) is 15.7. The Morgan fingerprint density at radius 1 is 1.25 bits per heavy atom. The topological polar surface area (TPSA) is 94.3 Å². The number of benzene rings is 1. The van der Waals surface area contributed by atoms with E-state index in [9.17, 15) is 0 Å². The van der Waals surface area contributed by atoms with Crippen molar-refractivity contribution in [2.24, 2.45) is 21.2 Å². The van der Waals surface area contributed by atoms with Gasteiger partial charge in [0.25, 0.3) is 0 Å². The van der Waals surface area contributed by atoms with Crippen molar-refractivity contribution in [3.8, 4) is 0 Å². The number of nitrogens with two attached hydrogens (primary N) is 1. The van der Waals surface area contributed by atoms with Crippen LogP contribution < -0.4 is 5.73 Å². The van der Waals surface area contributed by atoms with Gasteiger partial charge in [-0.25, -0.2) is 9.98 Å². The van der Waals surface area contributed by atoms with Gasteiger partial charge >= 0.3 is 0 Å². The first-order valence-electron chi connectivity index (χ1n) is 9.49. The number of nitrogens with zero attached hydrogens (tertiary/aromatic N) is 6. The van der Waals surface area contributed by atoms with Gasteiger partial charge in [-0.2, -0.15) is 5.10 Å². The molecule has 0 fully saturated rings. The third kappa shape index (κ3) is 3.11. The third-order valence-electron chi connectivity index (χ3n) is 4.90. The van der Waals surface area contributed by atoms with Crippen LogP contribution in [0.2, 0.25) is 0 Å². The Balaban J connectivity index is 1.89. The maximum atomic E-state index is 5.79. The highest BCUT2D eigenvalue weighted by atomic mass is 15.6. The maximum absolute atomic E-state index is 5.79. The van der Waals surface area contributed by atoms with Crippen LogP contribution in [0.5, 0.6) is 0 Å². The van der Waals surface area contributed by atoms with Crippen LogP contribution in [-0.4, -0.2) is 37.8 Å². The van der Waals surface area contributed by atoms with Crippen molar-refractivity contribution in [1.29, 1.82) is 0 Å². The Labute approximate surface area is 164 Å². The first kappa shape index (κ1) is 18.4. The van der Waals surface area contributed by atoms with Gasteiger partial charge in [0.05, 0.1) is 16.9 Å². The zero-order valence-electron chi connectivity index (χ0n) is 16.9. The second kappa shape index (κ2) is 6.60. The summed E-state index contributed by atoms with van der Waals surface area (Å²) in [6.45, 7) is 10.9. The molecule has 0 saturated heterocycles. The predicted molar refractivity (Wildman–Crippen MR) is 112 cm³/mol. The molecule has 0 saturated carbocycles. The summed E-state index contributed by atoms with van der Waals surface area (Å²) in [5.41, 5.74) is 10.1. The molecule has 0 bridgehead atoms. The lowest BCUT2D eigenvalue weighted by atomic mass is 9.87. The molecular formula is C21H25N7. The average Bonchev–Trinajstić information content (AvgIpc) is 3.20. The van der Waals surface area contributed by atoms with Crippen LogP contribution in [0.15, 0.2) is 40.6 Å². The molecule has 7 heteroatoms. The average molecular weight is 375 g/mol. The first-order valence-corrected chi connectivity index (χ1v) is 9.49. The number of aryl methyl sites for hydroxylation is 1. The molecule has 0 spiro atoms. The van der Waals surface area contributed by atoms with E-state index in [2.05, 4.69) is 43.0 Å². The molecule has 1 aromatic carbocycles. The molecule has 7 nitrogen and oxygen atoms in total. The Hall–Kier alpha value is -2.93. The van der Waals surface area contributed by atoms with Gasteiger partial charge in [0.15, 0.2) is 5.82 Å². The standard InChI is InChI=1S/C21H25N7/c1-12-9-16-14(7-6-8-23-16)10-15(12)24-17-18(21(3,4)5)26-28-20(17)25-19(27-28)13(2)11-22/h6-10,13H,11,22H2,1-5H3. The molecule has 2 aromatic heterocycles. The molecule has 0 radical (unpaired) electrons. The molecule has 0 aliphatic carbocycles. The summed E-state index contributed by atoms with van der Waals surface area (Å²) < 4.78 is 0. The predicted octanol–water partition coefficient (Wildman–Crippen LogP) is 3.58. The van der Waals surface area contributed by atoms with Gasteiger partial charge in [0, 0.05) is 29.5 Å².